The molecule has 0 bridgehead atoms. The second kappa shape index (κ2) is 8.25. The van der Waals surface area contributed by atoms with Crippen molar-refractivity contribution in [3.63, 3.8) is 0 Å². The summed E-state index contributed by atoms with van der Waals surface area (Å²) in [6.07, 6.45) is 6.25. The Morgan fingerprint density at radius 3 is 2.43 bits per heavy atom. The fraction of sp³-hybridized carbons (Fsp3) is 0.647. The molecular formula is C17H27NO3. The second-order valence-corrected chi connectivity index (χ2v) is 5.55. The maximum atomic E-state index is 5.82. The van der Waals surface area contributed by atoms with Crippen molar-refractivity contribution >= 4 is 0 Å². The molecule has 0 aromatic heterocycles. The summed E-state index contributed by atoms with van der Waals surface area (Å²) in [6, 6.07) is 6.34. The number of ether oxygens (including phenoxy) is 3. The fourth-order valence-corrected chi connectivity index (χ4v) is 2.90. The van der Waals surface area contributed by atoms with Gasteiger partial charge in [0.2, 0.25) is 0 Å². The van der Waals surface area contributed by atoms with E-state index in [9.17, 15) is 0 Å². The topological polar surface area (TPSA) is 39.7 Å². The first-order valence-electron chi connectivity index (χ1n) is 7.78. The van der Waals surface area contributed by atoms with E-state index in [0.717, 1.165) is 30.9 Å². The molecule has 118 valence electrons. The van der Waals surface area contributed by atoms with E-state index in [1.807, 2.05) is 13.1 Å². The van der Waals surface area contributed by atoms with Gasteiger partial charge in [-0.25, -0.2) is 0 Å². The molecule has 0 radical (unpaired) electrons. The van der Waals surface area contributed by atoms with Gasteiger partial charge in [0.25, 0.3) is 0 Å². The molecule has 1 saturated heterocycles. The van der Waals surface area contributed by atoms with Gasteiger partial charge in [-0.2, -0.15) is 0 Å². The Hall–Kier alpha value is -1.26. The molecule has 4 heteroatoms. The predicted molar refractivity (Wildman–Crippen MR) is 84.2 cm³/mol. The van der Waals surface area contributed by atoms with Crippen LogP contribution in [0.2, 0.25) is 0 Å². The Bertz CT molecular complexity index is 408. The van der Waals surface area contributed by atoms with E-state index < -0.39 is 0 Å². The predicted octanol–water partition coefficient (Wildman–Crippen LogP) is 3.31. The van der Waals surface area contributed by atoms with Crippen LogP contribution in [0.5, 0.6) is 11.5 Å². The van der Waals surface area contributed by atoms with Gasteiger partial charge in [-0.1, -0.05) is 0 Å². The highest BCUT2D eigenvalue weighted by Crippen LogP contribution is 2.29. The van der Waals surface area contributed by atoms with E-state index in [2.05, 4.69) is 17.4 Å². The normalized spacial score (nSPS) is 20.0. The lowest BCUT2D eigenvalue weighted by molar-refractivity contribution is 0.00866. The van der Waals surface area contributed by atoms with Crippen LogP contribution >= 0.6 is 0 Å². The van der Waals surface area contributed by atoms with Crippen LogP contribution in [0.15, 0.2) is 18.2 Å². The van der Waals surface area contributed by atoms with Gasteiger partial charge in [0, 0.05) is 18.7 Å². The summed E-state index contributed by atoms with van der Waals surface area (Å²) < 4.78 is 16.5. The lowest BCUT2D eigenvalue weighted by Crippen LogP contribution is -2.23. The summed E-state index contributed by atoms with van der Waals surface area (Å²) in [4.78, 5) is 0. The zero-order valence-electron chi connectivity index (χ0n) is 13.4. The monoisotopic (exact) mass is 293 g/mol. The largest absolute Gasteiger partial charge is 0.497 e. The number of benzene rings is 1. The second-order valence-electron chi connectivity index (χ2n) is 5.55. The molecule has 1 fully saturated rings. The molecule has 1 aliphatic heterocycles. The molecule has 1 aromatic rings. The minimum atomic E-state index is 0.291. The van der Waals surface area contributed by atoms with Gasteiger partial charge in [-0.15, -0.1) is 0 Å². The van der Waals surface area contributed by atoms with Crippen LogP contribution in [-0.2, 0) is 4.74 Å². The van der Waals surface area contributed by atoms with Crippen molar-refractivity contribution in [2.75, 3.05) is 27.9 Å². The van der Waals surface area contributed by atoms with Gasteiger partial charge in [0.05, 0.1) is 20.3 Å². The molecule has 21 heavy (non-hydrogen) atoms. The summed E-state index contributed by atoms with van der Waals surface area (Å²) in [6.45, 7) is 0.919. The molecule has 1 aromatic carbocycles. The lowest BCUT2D eigenvalue weighted by atomic mass is 9.97. The maximum absolute atomic E-state index is 5.82. The molecule has 0 saturated carbocycles. The van der Waals surface area contributed by atoms with Gasteiger partial charge in [-0.05, 0) is 56.8 Å². The first kappa shape index (κ1) is 16.1. The van der Waals surface area contributed by atoms with Crippen molar-refractivity contribution in [3.05, 3.63) is 23.8 Å². The summed E-state index contributed by atoms with van der Waals surface area (Å²) >= 11 is 0. The molecule has 2 unspecified atom stereocenters. The van der Waals surface area contributed by atoms with Crippen LogP contribution in [-0.4, -0.2) is 34.0 Å². The number of hydrogen-bond acceptors (Lipinski definition) is 4. The van der Waals surface area contributed by atoms with Crippen LogP contribution < -0.4 is 14.8 Å². The molecule has 4 nitrogen and oxygen atoms in total. The Kier molecular flexibility index (Phi) is 6.33. The molecule has 2 atom stereocenters. The molecule has 0 aliphatic carbocycles. The SMILES string of the molecule is CNC(CCC1CCCCO1)c1cc(OC)cc(OC)c1. The van der Waals surface area contributed by atoms with E-state index in [0.29, 0.717) is 12.1 Å². The molecular weight excluding hydrogens is 266 g/mol. The molecule has 0 spiro atoms. The number of rotatable bonds is 7. The number of methoxy groups -OCH3 is 2. The van der Waals surface area contributed by atoms with Crippen LogP contribution in [0, 0.1) is 0 Å². The maximum Gasteiger partial charge on any atom is 0.122 e. The van der Waals surface area contributed by atoms with Gasteiger partial charge in [-0.3, -0.25) is 0 Å². The molecule has 1 aliphatic rings. The first-order valence-corrected chi connectivity index (χ1v) is 7.78. The smallest absolute Gasteiger partial charge is 0.122 e. The Labute approximate surface area is 127 Å². The van der Waals surface area contributed by atoms with Crippen LogP contribution in [0.1, 0.15) is 43.7 Å². The third-order valence-corrected chi connectivity index (χ3v) is 4.18. The highest BCUT2D eigenvalue weighted by atomic mass is 16.5. The van der Waals surface area contributed by atoms with E-state index in [1.54, 1.807) is 14.2 Å². The zero-order chi connectivity index (χ0) is 15.1. The summed E-state index contributed by atoms with van der Waals surface area (Å²) in [5.74, 6) is 1.66. The third kappa shape index (κ3) is 4.61. The lowest BCUT2D eigenvalue weighted by Gasteiger charge is -2.25. The third-order valence-electron chi connectivity index (χ3n) is 4.18. The highest BCUT2D eigenvalue weighted by molar-refractivity contribution is 5.39. The Morgan fingerprint density at radius 2 is 1.90 bits per heavy atom. The number of nitrogens with one attached hydrogen (secondary N) is 1. The first-order chi connectivity index (χ1) is 10.3. The van der Waals surface area contributed by atoms with Crippen LogP contribution in [0.25, 0.3) is 0 Å². The van der Waals surface area contributed by atoms with Crippen LogP contribution in [0.4, 0.5) is 0 Å². The van der Waals surface area contributed by atoms with Crippen molar-refractivity contribution in [1.82, 2.24) is 5.32 Å². The highest BCUT2D eigenvalue weighted by Gasteiger charge is 2.18. The van der Waals surface area contributed by atoms with E-state index in [1.165, 1.54) is 24.8 Å². The van der Waals surface area contributed by atoms with Crippen molar-refractivity contribution in [1.29, 1.82) is 0 Å². The van der Waals surface area contributed by atoms with Crippen molar-refractivity contribution in [3.8, 4) is 11.5 Å². The van der Waals surface area contributed by atoms with Gasteiger partial charge in [0.1, 0.15) is 11.5 Å². The standard InChI is InChI=1S/C17H27NO3/c1-18-17(8-7-14-6-4-5-9-21-14)13-10-15(19-2)12-16(11-13)20-3/h10-12,14,17-18H,4-9H2,1-3H3. The van der Waals surface area contributed by atoms with Crippen molar-refractivity contribution in [2.24, 2.45) is 0 Å². The summed E-state index contributed by atoms with van der Waals surface area (Å²) in [7, 11) is 5.37. The van der Waals surface area contributed by atoms with E-state index in [-0.39, 0.29) is 0 Å². The quantitative estimate of drug-likeness (QED) is 0.837. The minimum Gasteiger partial charge on any atom is -0.497 e. The fourth-order valence-electron chi connectivity index (χ4n) is 2.90. The minimum absolute atomic E-state index is 0.291. The van der Waals surface area contributed by atoms with E-state index >= 15 is 0 Å². The van der Waals surface area contributed by atoms with Gasteiger partial charge >= 0.3 is 0 Å². The average Bonchev–Trinajstić information content (AvgIpc) is 2.56. The van der Waals surface area contributed by atoms with Gasteiger partial charge < -0.3 is 19.5 Å². The molecule has 2 rings (SSSR count). The Morgan fingerprint density at radius 1 is 1.19 bits per heavy atom. The van der Waals surface area contributed by atoms with Crippen molar-refractivity contribution in [2.45, 2.75) is 44.2 Å². The average molecular weight is 293 g/mol. The number of hydrogen-bond donors (Lipinski definition) is 1. The van der Waals surface area contributed by atoms with E-state index in [4.69, 9.17) is 14.2 Å². The molecule has 1 heterocycles. The van der Waals surface area contributed by atoms with Crippen LogP contribution in [0.3, 0.4) is 0 Å². The summed E-state index contributed by atoms with van der Waals surface area (Å²) in [5.41, 5.74) is 1.20. The molecule has 0 amide bonds. The van der Waals surface area contributed by atoms with Gasteiger partial charge in [0.15, 0.2) is 0 Å². The Balaban J connectivity index is 2.01. The van der Waals surface area contributed by atoms with Crippen molar-refractivity contribution < 1.29 is 14.2 Å². The molecule has 1 N–H and O–H groups in total. The summed E-state index contributed by atoms with van der Waals surface area (Å²) in [5, 5.41) is 3.39. The zero-order valence-corrected chi connectivity index (χ0v) is 13.4.